The summed E-state index contributed by atoms with van der Waals surface area (Å²) in [6.45, 7) is 0.329. The van der Waals surface area contributed by atoms with E-state index in [-0.39, 0.29) is 25.4 Å². The number of carbonyl (C=O) groups is 3. The minimum absolute atomic E-state index is 0.0379. The van der Waals surface area contributed by atoms with Crippen molar-refractivity contribution in [2.45, 2.75) is 45.0 Å². The molecule has 1 N–H and O–H groups in total. The fourth-order valence-corrected chi connectivity index (χ4v) is 4.75. The van der Waals surface area contributed by atoms with E-state index < -0.39 is 24.0 Å². The summed E-state index contributed by atoms with van der Waals surface area (Å²) in [5, 5.41) is 2.65. The van der Waals surface area contributed by atoms with Gasteiger partial charge in [-0.1, -0.05) is 42.5 Å². The standard InChI is InChI=1S/C34H33F3N2O5/c1-43-32(41)20-21-38-33(42)28-15-17-29(18-16-28)39(23-25-10-13-27(14-11-25)26-7-3-2-4-8-26)31(40)19-12-24-6-5-9-30(22-24)44-34(35,36)37/h5-7,9-19,22H,2-4,8,20-21,23H2,1H3,(H,38,42). The molecule has 0 aromatic heterocycles. The van der Waals surface area contributed by atoms with E-state index >= 15 is 0 Å². The number of allylic oxidation sites excluding steroid dienone is 2. The van der Waals surface area contributed by atoms with Gasteiger partial charge in [0.2, 0.25) is 0 Å². The van der Waals surface area contributed by atoms with Crippen molar-refractivity contribution in [1.82, 2.24) is 5.32 Å². The molecular formula is C34H33F3N2O5. The van der Waals surface area contributed by atoms with E-state index in [1.165, 1.54) is 54.4 Å². The third kappa shape index (κ3) is 9.58. The molecule has 1 aliphatic rings. The van der Waals surface area contributed by atoms with Crippen LogP contribution in [0.2, 0.25) is 0 Å². The number of nitrogens with one attached hydrogen (secondary N) is 1. The van der Waals surface area contributed by atoms with Crippen molar-refractivity contribution in [1.29, 1.82) is 0 Å². The first-order valence-corrected chi connectivity index (χ1v) is 14.2. The zero-order chi connectivity index (χ0) is 31.5. The minimum atomic E-state index is -4.83. The van der Waals surface area contributed by atoms with Crippen molar-refractivity contribution in [2.75, 3.05) is 18.6 Å². The van der Waals surface area contributed by atoms with Gasteiger partial charge in [-0.2, -0.15) is 0 Å². The molecular weight excluding hydrogens is 573 g/mol. The monoisotopic (exact) mass is 606 g/mol. The number of hydrogen-bond donors (Lipinski definition) is 1. The number of ether oxygens (including phenoxy) is 2. The molecule has 0 unspecified atom stereocenters. The Labute approximate surface area is 254 Å². The van der Waals surface area contributed by atoms with Crippen LogP contribution in [0.1, 0.15) is 59.2 Å². The number of halogens is 3. The van der Waals surface area contributed by atoms with E-state index in [1.54, 1.807) is 30.3 Å². The van der Waals surface area contributed by atoms with Gasteiger partial charge in [-0.25, -0.2) is 0 Å². The van der Waals surface area contributed by atoms with Crippen LogP contribution in [0.4, 0.5) is 18.9 Å². The normalized spacial score (nSPS) is 13.2. The predicted molar refractivity (Wildman–Crippen MR) is 162 cm³/mol. The molecule has 1 aliphatic carbocycles. The molecule has 0 heterocycles. The number of benzene rings is 3. The van der Waals surface area contributed by atoms with Crippen LogP contribution in [0, 0.1) is 0 Å². The van der Waals surface area contributed by atoms with Crippen molar-refractivity contribution in [3.63, 3.8) is 0 Å². The van der Waals surface area contributed by atoms with Crippen LogP contribution in [0.15, 0.2) is 84.9 Å². The van der Waals surface area contributed by atoms with Crippen LogP contribution in [-0.2, 0) is 20.9 Å². The van der Waals surface area contributed by atoms with E-state index in [0.29, 0.717) is 16.8 Å². The second-order valence-corrected chi connectivity index (χ2v) is 10.2. The van der Waals surface area contributed by atoms with Gasteiger partial charge in [0.25, 0.3) is 11.8 Å². The van der Waals surface area contributed by atoms with Gasteiger partial charge >= 0.3 is 12.3 Å². The summed E-state index contributed by atoms with van der Waals surface area (Å²) in [5.41, 5.74) is 4.54. The van der Waals surface area contributed by atoms with Crippen LogP contribution in [0.3, 0.4) is 0 Å². The van der Waals surface area contributed by atoms with E-state index in [1.807, 2.05) is 24.3 Å². The number of alkyl halides is 3. The van der Waals surface area contributed by atoms with Crippen molar-refractivity contribution in [3.05, 3.63) is 107 Å². The topological polar surface area (TPSA) is 84.9 Å². The Hall–Kier alpha value is -4.86. The smallest absolute Gasteiger partial charge is 0.469 e. The third-order valence-corrected chi connectivity index (χ3v) is 7.02. The SMILES string of the molecule is COC(=O)CCNC(=O)c1ccc(N(Cc2ccc(C3=CCCCC3)cc2)C(=O)C=Cc2cccc(OC(F)(F)F)c2)cc1. The van der Waals surface area contributed by atoms with E-state index in [9.17, 15) is 27.6 Å². The first kappa shape index (κ1) is 32.1. The lowest BCUT2D eigenvalue weighted by Gasteiger charge is -2.22. The lowest BCUT2D eigenvalue weighted by atomic mass is 9.93. The third-order valence-electron chi connectivity index (χ3n) is 7.02. The van der Waals surface area contributed by atoms with Gasteiger partial charge in [0, 0.05) is 23.9 Å². The van der Waals surface area contributed by atoms with E-state index in [2.05, 4.69) is 20.9 Å². The quantitative estimate of drug-likeness (QED) is 0.186. The highest BCUT2D eigenvalue weighted by Crippen LogP contribution is 2.28. The van der Waals surface area contributed by atoms with Crippen molar-refractivity contribution in [2.24, 2.45) is 0 Å². The molecule has 44 heavy (non-hydrogen) atoms. The number of rotatable bonds is 11. The molecule has 0 fully saturated rings. The number of carbonyl (C=O) groups excluding carboxylic acids is 3. The first-order chi connectivity index (χ1) is 21.1. The Balaban J connectivity index is 1.54. The largest absolute Gasteiger partial charge is 0.573 e. The fourth-order valence-electron chi connectivity index (χ4n) is 4.75. The lowest BCUT2D eigenvalue weighted by Crippen LogP contribution is -2.29. The molecule has 0 atom stereocenters. The Morgan fingerprint density at radius 1 is 0.977 bits per heavy atom. The zero-order valence-corrected chi connectivity index (χ0v) is 24.2. The van der Waals surface area contributed by atoms with Gasteiger partial charge < -0.3 is 19.7 Å². The fraction of sp³-hybridized carbons (Fsp3) is 0.265. The summed E-state index contributed by atoms with van der Waals surface area (Å²) in [5.74, 6) is -1.63. The Kier molecular flexibility index (Phi) is 11.0. The molecule has 0 saturated carbocycles. The molecule has 230 valence electrons. The molecule has 4 rings (SSSR count). The second-order valence-electron chi connectivity index (χ2n) is 10.2. The number of hydrogen-bond acceptors (Lipinski definition) is 5. The minimum Gasteiger partial charge on any atom is -0.469 e. The highest BCUT2D eigenvalue weighted by molar-refractivity contribution is 6.04. The summed E-state index contributed by atoms with van der Waals surface area (Å²) in [4.78, 5) is 38.8. The number of nitrogens with zero attached hydrogens (tertiary/aromatic N) is 1. The second kappa shape index (κ2) is 15.0. The Morgan fingerprint density at radius 2 is 1.73 bits per heavy atom. The van der Waals surface area contributed by atoms with Gasteiger partial charge in [0.15, 0.2) is 0 Å². The summed E-state index contributed by atoms with van der Waals surface area (Å²) in [6, 6.07) is 19.8. The van der Waals surface area contributed by atoms with Crippen LogP contribution < -0.4 is 15.0 Å². The van der Waals surface area contributed by atoms with Crippen molar-refractivity contribution < 1.29 is 37.0 Å². The van der Waals surface area contributed by atoms with Gasteiger partial charge in [0.05, 0.1) is 20.1 Å². The molecule has 2 amide bonds. The molecule has 0 radical (unpaired) electrons. The highest BCUT2D eigenvalue weighted by atomic mass is 19.4. The summed E-state index contributed by atoms with van der Waals surface area (Å²) in [6.07, 6.45) is 4.62. The van der Waals surface area contributed by atoms with Gasteiger partial charge in [0.1, 0.15) is 5.75 Å². The molecule has 10 heteroatoms. The summed E-state index contributed by atoms with van der Waals surface area (Å²) >= 11 is 0. The van der Waals surface area contributed by atoms with Crippen LogP contribution in [0.5, 0.6) is 5.75 Å². The molecule has 0 spiro atoms. The number of esters is 1. The van der Waals surface area contributed by atoms with Crippen LogP contribution >= 0.6 is 0 Å². The zero-order valence-electron chi connectivity index (χ0n) is 24.2. The van der Waals surface area contributed by atoms with E-state index in [0.717, 1.165) is 30.4 Å². The van der Waals surface area contributed by atoms with Gasteiger partial charge in [-0.05, 0) is 90.4 Å². The van der Waals surface area contributed by atoms with Crippen LogP contribution in [0.25, 0.3) is 11.6 Å². The van der Waals surface area contributed by atoms with Gasteiger partial charge in [-0.15, -0.1) is 13.2 Å². The average molecular weight is 607 g/mol. The summed E-state index contributed by atoms with van der Waals surface area (Å²) < 4.78 is 46.5. The van der Waals surface area contributed by atoms with Gasteiger partial charge in [-0.3, -0.25) is 14.4 Å². The first-order valence-electron chi connectivity index (χ1n) is 14.2. The van der Waals surface area contributed by atoms with Crippen molar-refractivity contribution >= 4 is 35.1 Å². The van der Waals surface area contributed by atoms with Crippen molar-refractivity contribution in [3.8, 4) is 5.75 Å². The van der Waals surface area contributed by atoms with Crippen LogP contribution in [-0.4, -0.2) is 37.8 Å². The Morgan fingerprint density at radius 3 is 2.39 bits per heavy atom. The maximum Gasteiger partial charge on any atom is 0.573 e. The number of methoxy groups -OCH3 is 1. The average Bonchev–Trinajstić information content (AvgIpc) is 3.02. The molecule has 0 saturated heterocycles. The summed E-state index contributed by atoms with van der Waals surface area (Å²) in [7, 11) is 1.27. The number of amides is 2. The predicted octanol–water partition coefficient (Wildman–Crippen LogP) is 7.08. The maximum atomic E-state index is 13.5. The van der Waals surface area contributed by atoms with E-state index in [4.69, 9.17) is 0 Å². The highest BCUT2D eigenvalue weighted by Gasteiger charge is 2.31. The molecule has 7 nitrogen and oxygen atoms in total. The molecule has 0 bridgehead atoms. The lowest BCUT2D eigenvalue weighted by molar-refractivity contribution is -0.274. The molecule has 3 aromatic rings. The number of anilines is 1. The molecule has 0 aliphatic heterocycles. The Bertz CT molecular complexity index is 1510. The molecule has 3 aromatic carbocycles. The maximum absolute atomic E-state index is 13.5.